The van der Waals surface area contributed by atoms with Gasteiger partial charge in [0, 0.05) is 18.9 Å². The molecule has 2 aromatic heterocycles. The second-order valence-corrected chi connectivity index (χ2v) is 5.21. The number of ether oxygens (including phenoxy) is 1. The first kappa shape index (κ1) is 16.6. The second-order valence-electron chi connectivity index (χ2n) is 5.21. The number of benzene rings is 1. The second kappa shape index (κ2) is 8.05. The van der Waals surface area contributed by atoms with Gasteiger partial charge in [0.25, 0.3) is 5.91 Å². The van der Waals surface area contributed by atoms with Crippen molar-refractivity contribution in [3.63, 3.8) is 0 Å². The van der Waals surface area contributed by atoms with E-state index in [1.807, 2.05) is 12.1 Å². The van der Waals surface area contributed by atoms with Crippen molar-refractivity contribution in [2.75, 3.05) is 6.54 Å². The van der Waals surface area contributed by atoms with E-state index in [4.69, 9.17) is 9.15 Å². The number of para-hydroxylation sites is 1. The minimum Gasteiger partial charge on any atom is -0.481 e. The van der Waals surface area contributed by atoms with Crippen molar-refractivity contribution < 1.29 is 18.3 Å². The molecule has 0 aliphatic rings. The number of hydrogen-bond acceptors (Lipinski definition) is 5. The number of nitrogens with zero attached hydrogens (tertiary/aromatic N) is 2. The summed E-state index contributed by atoms with van der Waals surface area (Å²) in [7, 11) is 0. The number of nitrogens with one attached hydrogen (secondary N) is 1. The number of carbonyl (C=O) groups is 1. The molecule has 0 unspecified atom stereocenters. The molecule has 1 amide bonds. The number of hydrogen-bond donors (Lipinski definition) is 1. The van der Waals surface area contributed by atoms with Crippen LogP contribution in [0.15, 0.2) is 59.5 Å². The van der Waals surface area contributed by atoms with Crippen molar-refractivity contribution in [1.82, 2.24) is 15.3 Å². The molecule has 0 aliphatic heterocycles. The van der Waals surface area contributed by atoms with Gasteiger partial charge in [0.15, 0.2) is 23.9 Å². The highest BCUT2D eigenvalue weighted by atomic mass is 19.1. The van der Waals surface area contributed by atoms with Gasteiger partial charge in [-0.25, -0.2) is 9.37 Å². The summed E-state index contributed by atoms with van der Waals surface area (Å²) >= 11 is 0. The van der Waals surface area contributed by atoms with E-state index < -0.39 is 5.82 Å². The van der Waals surface area contributed by atoms with Gasteiger partial charge >= 0.3 is 0 Å². The van der Waals surface area contributed by atoms with E-state index in [0.29, 0.717) is 13.0 Å². The summed E-state index contributed by atoms with van der Waals surface area (Å²) in [4.78, 5) is 20.1. The van der Waals surface area contributed by atoms with Crippen molar-refractivity contribution in [2.24, 2.45) is 0 Å². The van der Waals surface area contributed by atoms with Crippen LogP contribution < -0.4 is 10.1 Å². The van der Waals surface area contributed by atoms with Gasteiger partial charge in [-0.1, -0.05) is 18.2 Å². The summed E-state index contributed by atoms with van der Waals surface area (Å²) in [5.41, 5.74) is 1.18. The van der Waals surface area contributed by atoms with E-state index in [2.05, 4.69) is 15.3 Å². The molecule has 6 nitrogen and oxygen atoms in total. The Labute approximate surface area is 143 Å². The largest absolute Gasteiger partial charge is 0.481 e. The van der Waals surface area contributed by atoms with Gasteiger partial charge in [-0.2, -0.15) is 0 Å². The van der Waals surface area contributed by atoms with E-state index in [9.17, 15) is 9.18 Å². The first-order chi connectivity index (χ1) is 12.2. The predicted molar refractivity (Wildman–Crippen MR) is 87.5 cm³/mol. The van der Waals surface area contributed by atoms with Gasteiger partial charge < -0.3 is 14.5 Å². The third-order valence-electron chi connectivity index (χ3n) is 3.39. The molecular formula is C18H16FN3O3. The maximum Gasteiger partial charge on any atom is 0.273 e. The van der Waals surface area contributed by atoms with Crippen LogP contribution in [0.3, 0.4) is 0 Å². The molecule has 1 N–H and O–H groups in total. The topological polar surface area (TPSA) is 77.2 Å². The standard InChI is InChI=1S/C18H16FN3O3/c19-14-5-1-2-6-16(14)24-12-17-22-15(11-25-17)18(23)21-9-7-13-4-3-8-20-10-13/h1-6,8,10-11H,7,9,12H2,(H,21,23). The summed E-state index contributed by atoms with van der Waals surface area (Å²) in [6.45, 7) is 0.391. The summed E-state index contributed by atoms with van der Waals surface area (Å²) in [5.74, 6) is -0.518. The summed E-state index contributed by atoms with van der Waals surface area (Å²) in [6, 6.07) is 9.82. The van der Waals surface area contributed by atoms with Crippen molar-refractivity contribution >= 4 is 5.91 Å². The van der Waals surface area contributed by atoms with Crippen LogP contribution in [-0.4, -0.2) is 22.4 Å². The highest BCUT2D eigenvalue weighted by Crippen LogP contribution is 2.17. The maximum atomic E-state index is 13.5. The average Bonchev–Trinajstić information content (AvgIpc) is 3.11. The van der Waals surface area contributed by atoms with Crippen LogP contribution in [0.4, 0.5) is 4.39 Å². The zero-order valence-electron chi connectivity index (χ0n) is 13.3. The van der Waals surface area contributed by atoms with Gasteiger partial charge in [-0.3, -0.25) is 9.78 Å². The molecule has 0 aliphatic carbocycles. The Hall–Kier alpha value is -3.22. The Balaban J connectivity index is 1.49. The lowest BCUT2D eigenvalue weighted by Crippen LogP contribution is -2.26. The Morgan fingerprint density at radius 3 is 2.92 bits per heavy atom. The van der Waals surface area contributed by atoms with Crippen molar-refractivity contribution in [3.8, 4) is 5.75 Å². The molecule has 7 heteroatoms. The van der Waals surface area contributed by atoms with Gasteiger partial charge in [0.2, 0.25) is 5.89 Å². The fourth-order valence-electron chi connectivity index (χ4n) is 2.14. The fourth-order valence-corrected chi connectivity index (χ4v) is 2.14. The fraction of sp³-hybridized carbons (Fsp3) is 0.167. The van der Waals surface area contributed by atoms with Crippen LogP contribution in [0.1, 0.15) is 21.9 Å². The van der Waals surface area contributed by atoms with Gasteiger partial charge in [0.05, 0.1) is 0 Å². The first-order valence-corrected chi connectivity index (χ1v) is 7.71. The SMILES string of the molecule is O=C(NCCc1cccnc1)c1coc(COc2ccccc2F)n1. The molecule has 0 fully saturated rings. The lowest BCUT2D eigenvalue weighted by molar-refractivity contribution is 0.0949. The number of amides is 1. The highest BCUT2D eigenvalue weighted by Gasteiger charge is 2.13. The zero-order chi connectivity index (χ0) is 17.5. The number of oxazole rings is 1. The first-order valence-electron chi connectivity index (χ1n) is 7.71. The Kier molecular flexibility index (Phi) is 5.36. The molecular weight excluding hydrogens is 325 g/mol. The third kappa shape index (κ3) is 4.63. The van der Waals surface area contributed by atoms with Gasteiger partial charge in [-0.05, 0) is 30.2 Å². The maximum absolute atomic E-state index is 13.5. The number of pyridine rings is 1. The molecule has 0 radical (unpaired) electrons. The smallest absolute Gasteiger partial charge is 0.273 e. The summed E-state index contributed by atoms with van der Waals surface area (Å²) in [6.07, 6.45) is 5.36. The van der Waals surface area contributed by atoms with E-state index >= 15 is 0 Å². The van der Waals surface area contributed by atoms with Crippen molar-refractivity contribution in [2.45, 2.75) is 13.0 Å². The summed E-state index contributed by atoms with van der Waals surface area (Å²) in [5, 5.41) is 2.75. The quantitative estimate of drug-likeness (QED) is 0.715. The minimum absolute atomic E-state index is 0.0656. The monoisotopic (exact) mass is 341 g/mol. The van der Waals surface area contributed by atoms with Crippen molar-refractivity contribution in [3.05, 3.63) is 78.0 Å². The van der Waals surface area contributed by atoms with Crippen LogP contribution >= 0.6 is 0 Å². The Morgan fingerprint density at radius 1 is 1.24 bits per heavy atom. The lowest BCUT2D eigenvalue weighted by Gasteiger charge is -2.04. The molecule has 25 heavy (non-hydrogen) atoms. The van der Waals surface area contributed by atoms with Crippen LogP contribution in [0, 0.1) is 5.82 Å². The Bertz CT molecular complexity index is 836. The lowest BCUT2D eigenvalue weighted by atomic mass is 10.2. The molecule has 0 saturated heterocycles. The Morgan fingerprint density at radius 2 is 2.12 bits per heavy atom. The molecule has 3 aromatic rings. The molecule has 3 rings (SSSR count). The predicted octanol–water partition coefficient (Wildman–Crippen LogP) is 2.76. The third-order valence-corrected chi connectivity index (χ3v) is 3.39. The van der Waals surface area contributed by atoms with E-state index in [1.54, 1.807) is 24.5 Å². The minimum atomic E-state index is -0.470. The van der Waals surface area contributed by atoms with Gasteiger partial charge in [0.1, 0.15) is 6.26 Å². The number of carbonyl (C=O) groups excluding carboxylic acids is 1. The summed E-state index contributed by atoms with van der Waals surface area (Å²) < 4.78 is 23.9. The molecule has 128 valence electrons. The highest BCUT2D eigenvalue weighted by molar-refractivity contribution is 5.91. The number of aromatic nitrogens is 2. The molecule has 0 bridgehead atoms. The van der Waals surface area contributed by atoms with Crippen LogP contribution in [0.5, 0.6) is 5.75 Å². The number of rotatable bonds is 7. The van der Waals surface area contributed by atoms with Crippen molar-refractivity contribution in [1.29, 1.82) is 0 Å². The van der Waals surface area contributed by atoms with Gasteiger partial charge in [-0.15, -0.1) is 0 Å². The van der Waals surface area contributed by atoms with Crippen LogP contribution in [0.25, 0.3) is 0 Å². The van der Waals surface area contributed by atoms with Crippen LogP contribution in [0.2, 0.25) is 0 Å². The average molecular weight is 341 g/mol. The van der Waals surface area contributed by atoms with E-state index in [1.165, 1.54) is 18.4 Å². The van der Waals surface area contributed by atoms with E-state index in [-0.39, 0.29) is 29.8 Å². The molecule has 1 aromatic carbocycles. The number of halogens is 1. The molecule has 0 spiro atoms. The molecule has 2 heterocycles. The molecule has 0 saturated carbocycles. The van der Waals surface area contributed by atoms with E-state index in [0.717, 1.165) is 5.56 Å². The normalized spacial score (nSPS) is 10.4. The molecule has 0 atom stereocenters. The zero-order valence-corrected chi connectivity index (χ0v) is 13.3. The van der Waals surface area contributed by atoms with Crippen LogP contribution in [-0.2, 0) is 13.0 Å².